The molecule has 0 amide bonds. The largest absolute Gasteiger partial charge is 0.384 e. The summed E-state index contributed by atoms with van der Waals surface area (Å²) in [5.41, 5.74) is 5.26. The van der Waals surface area contributed by atoms with Gasteiger partial charge in [0.15, 0.2) is 0 Å². The van der Waals surface area contributed by atoms with Crippen molar-refractivity contribution in [1.82, 2.24) is 4.90 Å². The average molecular weight is 291 g/mol. The predicted octanol–water partition coefficient (Wildman–Crippen LogP) is 0.764. The van der Waals surface area contributed by atoms with Crippen molar-refractivity contribution >= 4 is 14.1 Å². The number of nitrogens with two attached hydrogens (primary N) is 1. The maximum atomic E-state index is 10.6. The third-order valence-corrected chi connectivity index (χ3v) is 3.86. The smallest absolute Gasteiger partial charge is 0.316 e. The van der Waals surface area contributed by atoms with Gasteiger partial charge in [0.1, 0.15) is 12.1 Å². The normalized spacial score (nSPS) is 32.6. The van der Waals surface area contributed by atoms with E-state index in [1.54, 1.807) is 6.20 Å². The first kappa shape index (κ1) is 16.2. The van der Waals surface area contributed by atoms with Crippen LogP contribution in [0.5, 0.6) is 0 Å². The molecule has 19 heavy (non-hydrogen) atoms. The second-order valence-electron chi connectivity index (χ2n) is 4.80. The van der Waals surface area contributed by atoms with Crippen molar-refractivity contribution in [1.29, 1.82) is 5.41 Å². The lowest BCUT2D eigenvalue weighted by molar-refractivity contribution is -0.0511. The van der Waals surface area contributed by atoms with Crippen molar-refractivity contribution in [2.45, 2.75) is 26.2 Å². The maximum Gasteiger partial charge on any atom is 0.316 e. The van der Waals surface area contributed by atoms with E-state index in [1.165, 1.54) is 6.08 Å². The van der Waals surface area contributed by atoms with Crippen LogP contribution >= 0.6 is 8.25 Å². The number of amidine groups is 1. The van der Waals surface area contributed by atoms with Crippen LogP contribution in [0.4, 0.5) is 0 Å². The van der Waals surface area contributed by atoms with Crippen molar-refractivity contribution in [3.8, 4) is 0 Å². The molecule has 5 atom stereocenters. The van der Waals surface area contributed by atoms with E-state index in [2.05, 4.69) is 6.92 Å². The Balaban J connectivity index is 2.61. The minimum atomic E-state index is -2.92. The number of hydrogen-bond acceptors (Lipinski definition) is 5. The Labute approximate surface area is 113 Å². The molecule has 1 aliphatic rings. The molecule has 0 aliphatic carbocycles. The van der Waals surface area contributed by atoms with Crippen molar-refractivity contribution < 1.29 is 18.7 Å². The van der Waals surface area contributed by atoms with Gasteiger partial charge >= 0.3 is 8.25 Å². The molecule has 1 heterocycles. The van der Waals surface area contributed by atoms with E-state index in [1.807, 2.05) is 18.9 Å². The Morgan fingerprint density at radius 1 is 1.58 bits per heavy atom. The van der Waals surface area contributed by atoms with E-state index in [9.17, 15) is 4.57 Å². The summed E-state index contributed by atoms with van der Waals surface area (Å²) in [6.07, 6.45) is 2.79. The van der Waals surface area contributed by atoms with E-state index in [0.29, 0.717) is 0 Å². The highest BCUT2D eigenvalue weighted by atomic mass is 31.1. The highest BCUT2D eigenvalue weighted by Crippen LogP contribution is 2.35. The van der Waals surface area contributed by atoms with Gasteiger partial charge in [-0.25, -0.2) is 0 Å². The van der Waals surface area contributed by atoms with Gasteiger partial charge in [-0.15, -0.1) is 0 Å². The maximum absolute atomic E-state index is 10.6. The SMILES string of the molecule is CC1C(C)[C@@H](CO[PH](=O)O)O[C@H]1N(C)/C=C\C(=N)N. The monoisotopic (exact) mass is 291 g/mol. The summed E-state index contributed by atoms with van der Waals surface area (Å²) >= 11 is 0. The molecule has 1 aliphatic heterocycles. The Kier molecular flexibility index (Phi) is 6.00. The minimum absolute atomic E-state index is 0.0238. The van der Waals surface area contributed by atoms with Crippen molar-refractivity contribution in [3.05, 3.63) is 12.3 Å². The highest BCUT2D eigenvalue weighted by molar-refractivity contribution is 7.32. The number of hydrogen-bond donors (Lipinski definition) is 3. The van der Waals surface area contributed by atoms with Crippen LogP contribution in [0.15, 0.2) is 12.3 Å². The zero-order valence-corrected chi connectivity index (χ0v) is 12.4. The molecule has 7 nitrogen and oxygen atoms in total. The second-order valence-corrected chi connectivity index (χ2v) is 5.62. The first-order valence-electron chi connectivity index (χ1n) is 6.08. The standard InChI is InChI=1S/C11H22N3O4P/c1-7-8(2)11(14(3)5-4-10(12)13)18-9(7)6-17-19(15)16/h4-5,7-9,11,19H,6H2,1-3H3,(H3,12,13)(H,15,16)/b5-4-/t7?,8?,9-,11-/m1/s1. The van der Waals surface area contributed by atoms with Crippen LogP contribution in [0.2, 0.25) is 0 Å². The van der Waals surface area contributed by atoms with E-state index in [-0.39, 0.29) is 36.6 Å². The van der Waals surface area contributed by atoms with Gasteiger partial charge in [0.05, 0.1) is 12.7 Å². The van der Waals surface area contributed by atoms with Crippen LogP contribution in [0, 0.1) is 17.2 Å². The first-order chi connectivity index (χ1) is 8.82. The Morgan fingerprint density at radius 3 is 2.74 bits per heavy atom. The molecule has 8 heteroatoms. The molecule has 0 aromatic rings. The summed E-state index contributed by atoms with van der Waals surface area (Å²) in [5, 5.41) is 7.15. The van der Waals surface area contributed by atoms with Gasteiger partial charge < -0.3 is 24.8 Å². The van der Waals surface area contributed by atoms with Crippen LogP contribution in [0.1, 0.15) is 13.8 Å². The molecule has 110 valence electrons. The predicted molar refractivity (Wildman–Crippen MR) is 73.0 cm³/mol. The average Bonchev–Trinajstić information content (AvgIpc) is 2.61. The molecule has 0 aromatic heterocycles. The van der Waals surface area contributed by atoms with E-state index in [0.717, 1.165) is 0 Å². The molecule has 4 N–H and O–H groups in total. The van der Waals surface area contributed by atoms with Gasteiger partial charge in [0, 0.05) is 19.2 Å². The lowest BCUT2D eigenvalue weighted by Gasteiger charge is -2.26. The van der Waals surface area contributed by atoms with Crippen molar-refractivity contribution in [2.75, 3.05) is 13.7 Å². The van der Waals surface area contributed by atoms with E-state index < -0.39 is 8.25 Å². The summed E-state index contributed by atoms with van der Waals surface area (Å²) in [4.78, 5) is 10.5. The third-order valence-electron chi connectivity index (χ3n) is 3.44. The zero-order valence-electron chi connectivity index (χ0n) is 11.4. The summed E-state index contributed by atoms with van der Waals surface area (Å²) in [7, 11) is -1.08. The van der Waals surface area contributed by atoms with Crippen molar-refractivity contribution in [2.24, 2.45) is 17.6 Å². The van der Waals surface area contributed by atoms with Crippen LogP contribution in [-0.4, -0.2) is 41.6 Å². The Morgan fingerprint density at radius 2 is 2.21 bits per heavy atom. The lowest BCUT2D eigenvalue weighted by atomic mass is 9.93. The fourth-order valence-electron chi connectivity index (χ4n) is 2.12. The quantitative estimate of drug-likeness (QED) is 0.379. The lowest BCUT2D eigenvalue weighted by Crippen LogP contribution is -2.32. The Bertz CT molecular complexity index is 377. The van der Waals surface area contributed by atoms with E-state index in [4.69, 9.17) is 25.3 Å². The number of nitrogens with zero attached hydrogens (tertiary/aromatic N) is 1. The first-order valence-corrected chi connectivity index (χ1v) is 7.34. The molecule has 1 saturated heterocycles. The molecular formula is C11H22N3O4P. The molecule has 0 aromatic carbocycles. The van der Waals surface area contributed by atoms with Crippen LogP contribution in [0.25, 0.3) is 0 Å². The van der Waals surface area contributed by atoms with Gasteiger partial charge in [-0.3, -0.25) is 9.97 Å². The number of ether oxygens (including phenoxy) is 1. The molecule has 0 bridgehead atoms. The minimum Gasteiger partial charge on any atom is -0.384 e. The van der Waals surface area contributed by atoms with Crippen molar-refractivity contribution in [3.63, 3.8) is 0 Å². The van der Waals surface area contributed by atoms with Gasteiger partial charge in [-0.1, -0.05) is 13.8 Å². The summed E-state index contributed by atoms with van der Waals surface area (Å²) in [5.74, 6) is 0.417. The number of nitrogens with one attached hydrogen (secondary N) is 1. The number of rotatable bonds is 6. The van der Waals surface area contributed by atoms with E-state index >= 15 is 0 Å². The second kappa shape index (κ2) is 7.05. The third kappa shape index (κ3) is 4.62. The summed E-state index contributed by atoms with van der Waals surface area (Å²) < 4.78 is 21.2. The van der Waals surface area contributed by atoms with Gasteiger partial charge in [0.25, 0.3) is 0 Å². The highest BCUT2D eigenvalue weighted by Gasteiger charge is 2.40. The molecule has 0 saturated carbocycles. The molecular weight excluding hydrogens is 269 g/mol. The molecule has 0 spiro atoms. The molecule has 1 rings (SSSR count). The molecule has 0 radical (unpaired) electrons. The Hall–Kier alpha value is -0.880. The molecule has 1 fully saturated rings. The van der Waals surface area contributed by atoms with Gasteiger partial charge in [-0.05, 0) is 12.0 Å². The fourth-order valence-corrected chi connectivity index (χ4v) is 2.43. The topological polar surface area (TPSA) is 109 Å². The fraction of sp³-hybridized carbons (Fsp3) is 0.727. The van der Waals surface area contributed by atoms with Gasteiger partial charge in [-0.2, -0.15) is 0 Å². The van der Waals surface area contributed by atoms with Crippen LogP contribution in [0.3, 0.4) is 0 Å². The summed E-state index contributed by atoms with van der Waals surface area (Å²) in [6, 6.07) is 0. The zero-order chi connectivity index (χ0) is 14.6. The van der Waals surface area contributed by atoms with Gasteiger partial charge in [0.2, 0.25) is 0 Å². The summed E-state index contributed by atoms with van der Waals surface area (Å²) in [6.45, 7) is 4.19. The van der Waals surface area contributed by atoms with Crippen LogP contribution < -0.4 is 5.73 Å². The van der Waals surface area contributed by atoms with Crippen LogP contribution in [-0.2, 0) is 13.8 Å². The molecule has 3 unspecified atom stereocenters.